The van der Waals surface area contributed by atoms with E-state index >= 15 is 0 Å². The van der Waals surface area contributed by atoms with Gasteiger partial charge in [-0.05, 0) is 29.2 Å². The van der Waals surface area contributed by atoms with Crippen molar-refractivity contribution in [1.29, 1.82) is 0 Å². The summed E-state index contributed by atoms with van der Waals surface area (Å²) < 4.78 is 6.01. The summed E-state index contributed by atoms with van der Waals surface area (Å²) in [6, 6.07) is 16.0. The number of hydrogen-bond donors (Lipinski definition) is 4. The van der Waals surface area contributed by atoms with Crippen LogP contribution in [-0.2, 0) is 12.8 Å². The molecule has 0 bridgehead atoms. The number of hydrogen-bond acceptors (Lipinski definition) is 6. The molecule has 3 rings (SSSR count). The second kappa shape index (κ2) is 9.08. The lowest BCUT2D eigenvalue weighted by Gasteiger charge is -2.39. The van der Waals surface area contributed by atoms with E-state index in [9.17, 15) is 20.4 Å². The van der Waals surface area contributed by atoms with Crippen molar-refractivity contribution in [3.63, 3.8) is 0 Å². The van der Waals surface area contributed by atoms with Gasteiger partial charge in [0.25, 0.3) is 0 Å². The number of ether oxygens (including phenoxy) is 1. The fourth-order valence-corrected chi connectivity index (χ4v) is 4.47. The van der Waals surface area contributed by atoms with Crippen molar-refractivity contribution in [2.24, 2.45) is 0 Å². The fourth-order valence-electron chi connectivity index (χ4n) is 3.23. The molecule has 2 aromatic rings. The van der Waals surface area contributed by atoms with E-state index < -0.39 is 29.0 Å². The van der Waals surface area contributed by atoms with Gasteiger partial charge in [-0.1, -0.05) is 49.4 Å². The first-order valence-electron chi connectivity index (χ1n) is 9.16. The Morgan fingerprint density at radius 1 is 0.926 bits per heavy atom. The molecule has 0 unspecified atom stereocenters. The zero-order valence-corrected chi connectivity index (χ0v) is 16.0. The molecule has 1 aliphatic heterocycles. The summed E-state index contributed by atoms with van der Waals surface area (Å²) in [6.07, 6.45) is -2.14. The van der Waals surface area contributed by atoms with Gasteiger partial charge in [0.05, 0.1) is 18.0 Å². The Morgan fingerprint density at radius 3 is 2.41 bits per heavy atom. The van der Waals surface area contributed by atoms with E-state index in [0.717, 1.165) is 23.7 Å². The van der Waals surface area contributed by atoms with Gasteiger partial charge in [-0.15, -0.1) is 11.8 Å². The summed E-state index contributed by atoms with van der Waals surface area (Å²) in [6.45, 7) is 1.82. The minimum atomic E-state index is -1.36. The zero-order valence-electron chi connectivity index (χ0n) is 15.2. The topological polar surface area (TPSA) is 90.2 Å². The molecule has 0 radical (unpaired) electrons. The molecule has 2 aromatic carbocycles. The number of rotatable bonds is 6. The van der Waals surface area contributed by atoms with Crippen LogP contribution in [0.1, 0.15) is 23.6 Å². The van der Waals surface area contributed by atoms with Crippen LogP contribution in [-0.4, -0.2) is 56.0 Å². The zero-order chi connectivity index (χ0) is 19.4. The molecule has 0 amide bonds. The molecule has 0 aromatic heterocycles. The lowest BCUT2D eigenvalue weighted by Crippen LogP contribution is -2.55. The SMILES string of the molecule is CCc1cccc(Cc2ccccc2O[C@@H]2S[C@H](CO)[C@@H](O)[C@H](O)[C@H]2O)c1. The van der Waals surface area contributed by atoms with Crippen LogP contribution in [0.5, 0.6) is 5.75 Å². The summed E-state index contributed by atoms with van der Waals surface area (Å²) in [4.78, 5) is 0. The van der Waals surface area contributed by atoms with Gasteiger partial charge in [-0.25, -0.2) is 0 Å². The van der Waals surface area contributed by atoms with Gasteiger partial charge in [-0.3, -0.25) is 0 Å². The molecule has 1 saturated heterocycles. The van der Waals surface area contributed by atoms with Gasteiger partial charge >= 0.3 is 0 Å². The van der Waals surface area contributed by atoms with Crippen LogP contribution in [0.2, 0.25) is 0 Å². The first-order valence-corrected chi connectivity index (χ1v) is 10.1. The molecule has 0 saturated carbocycles. The Kier molecular flexibility index (Phi) is 6.78. The van der Waals surface area contributed by atoms with Gasteiger partial charge in [0.1, 0.15) is 18.0 Å². The van der Waals surface area contributed by atoms with Crippen molar-refractivity contribution in [3.05, 3.63) is 65.2 Å². The average Bonchev–Trinajstić information content (AvgIpc) is 2.70. The molecule has 4 N–H and O–H groups in total. The molecular formula is C21H26O5S. The number of benzene rings is 2. The minimum absolute atomic E-state index is 0.305. The molecule has 1 aliphatic rings. The van der Waals surface area contributed by atoms with Crippen LogP contribution >= 0.6 is 11.8 Å². The van der Waals surface area contributed by atoms with Crippen LogP contribution in [0, 0.1) is 0 Å². The van der Waals surface area contributed by atoms with E-state index in [-0.39, 0.29) is 6.61 Å². The van der Waals surface area contributed by atoms with E-state index in [1.807, 2.05) is 30.3 Å². The summed E-state index contributed by atoms with van der Waals surface area (Å²) in [5.41, 5.74) is 2.64. The quantitative estimate of drug-likeness (QED) is 0.601. The predicted molar refractivity (Wildman–Crippen MR) is 106 cm³/mol. The second-order valence-corrected chi connectivity index (χ2v) is 8.12. The molecule has 5 nitrogen and oxygen atoms in total. The minimum Gasteiger partial charge on any atom is -0.477 e. The summed E-state index contributed by atoms with van der Waals surface area (Å²) in [5, 5.41) is 39.1. The number of para-hydroxylation sites is 1. The van der Waals surface area contributed by atoms with Gasteiger partial charge in [-0.2, -0.15) is 0 Å². The Labute approximate surface area is 163 Å². The van der Waals surface area contributed by atoms with Crippen LogP contribution < -0.4 is 4.74 Å². The summed E-state index contributed by atoms with van der Waals surface area (Å²) in [7, 11) is 0. The van der Waals surface area contributed by atoms with Gasteiger partial charge in [0.15, 0.2) is 5.44 Å². The van der Waals surface area contributed by atoms with Gasteiger partial charge in [0.2, 0.25) is 0 Å². The maximum absolute atomic E-state index is 10.3. The van der Waals surface area contributed by atoms with E-state index in [1.54, 1.807) is 0 Å². The average molecular weight is 391 g/mol. The van der Waals surface area contributed by atoms with E-state index in [0.29, 0.717) is 12.2 Å². The molecule has 1 fully saturated rings. The highest BCUT2D eigenvalue weighted by molar-refractivity contribution is 8.00. The lowest BCUT2D eigenvalue weighted by atomic mass is 10.0. The van der Waals surface area contributed by atoms with Crippen molar-refractivity contribution >= 4 is 11.8 Å². The molecule has 1 heterocycles. The van der Waals surface area contributed by atoms with E-state index in [4.69, 9.17) is 4.74 Å². The number of thioether (sulfide) groups is 1. The van der Waals surface area contributed by atoms with Crippen molar-refractivity contribution in [3.8, 4) is 5.75 Å². The monoisotopic (exact) mass is 390 g/mol. The molecule has 6 heteroatoms. The molecular weight excluding hydrogens is 364 g/mol. The molecule has 0 aliphatic carbocycles. The third-order valence-corrected chi connectivity index (χ3v) is 6.28. The maximum atomic E-state index is 10.3. The fraction of sp³-hybridized carbons (Fsp3) is 0.429. The Morgan fingerprint density at radius 2 is 1.67 bits per heavy atom. The van der Waals surface area contributed by atoms with Gasteiger partial charge < -0.3 is 25.2 Å². The Balaban J connectivity index is 1.79. The van der Waals surface area contributed by atoms with Crippen LogP contribution in [0.4, 0.5) is 0 Å². The predicted octanol–water partition coefficient (Wildman–Crippen LogP) is 1.74. The Hall–Kier alpha value is -1.57. The van der Waals surface area contributed by atoms with Crippen molar-refractivity contribution in [2.45, 2.75) is 48.8 Å². The Bertz CT molecular complexity index is 751. The molecule has 27 heavy (non-hydrogen) atoms. The van der Waals surface area contributed by atoms with Crippen LogP contribution in [0.25, 0.3) is 0 Å². The highest BCUT2D eigenvalue weighted by atomic mass is 32.2. The first-order chi connectivity index (χ1) is 13.0. The third-order valence-electron chi connectivity index (χ3n) is 4.86. The normalized spacial score (nSPS) is 28.1. The summed E-state index contributed by atoms with van der Waals surface area (Å²) in [5.74, 6) is 0.622. The molecule has 0 spiro atoms. The van der Waals surface area contributed by atoms with E-state index in [1.165, 1.54) is 11.1 Å². The van der Waals surface area contributed by atoms with Crippen molar-refractivity contribution < 1.29 is 25.2 Å². The maximum Gasteiger partial charge on any atom is 0.173 e. The summed E-state index contributed by atoms with van der Waals surface area (Å²) >= 11 is 1.14. The van der Waals surface area contributed by atoms with Crippen LogP contribution in [0.15, 0.2) is 48.5 Å². The molecule has 5 atom stereocenters. The second-order valence-electron chi connectivity index (χ2n) is 6.77. The number of aliphatic hydroxyl groups is 4. The lowest BCUT2D eigenvalue weighted by molar-refractivity contribution is -0.0910. The standard InChI is InChI=1S/C21H26O5S/c1-2-13-6-5-7-14(10-13)11-15-8-3-4-9-16(15)26-21-20(25)19(24)18(23)17(12-22)27-21/h3-10,17-25H,2,11-12H2,1H3/t17-,18-,19+,20-,21-/m1/s1. The van der Waals surface area contributed by atoms with Crippen molar-refractivity contribution in [1.82, 2.24) is 0 Å². The van der Waals surface area contributed by atoms with Crippen molar-refractivity contribution in [2.75, 3.05) is 6.61 Å². The number of aliphatic hydroxyl groups excluding tert-OH is 4. The van der Waals surface area contributed by atoms with E-state index in [2.05, 4.69) is 25.1 Å². The third kappa shape index (κ3) is 4.65. The highest BCUT2D eigenvalue weighted by Gasteiger charge is 2.44. The highest BCUT2D eigenvalue weighted by Crippen LogP contribution is 2.35. The first kappa shape index (κ1) is 20.2. The smallest absolute Gasteiger partial charge is 0.173 e. The number of aryl methyl sites for hydroxylation is 1. The largest absolute Gasteiger partial charge is 0.477 e. The molecule has 146 valence electrons. The van der Waals surface area contributed by atoms with Crippen LogP contribution in [0.3, 0.4) is 0 Å². The van der Waals surface area contributed by atoms with Gasteiger partial charge in [0, 0.05) is 6.42 Å².